The fourth-order valence-corrected chi connectivity index (χ4v) is 3.20. The molecule has 2 rings (SSSR count). The van der Waals surface area contributed by atoms with Crippen molar-refractivity contribution < 1.29 is 0 Å². The van der Waals surface area contributed by atoms with Crippen LogP contribution in [0.2, 0.25) is 0 Å². The van der Waals surface area contributed by atoms with E-state index in [2.05, 4.69) is 40.9 Å². The lowest BCUT2D eigenvalue weighted by molar-refractivity contribution is 0.204. The summed E-state index contributed by atoms with van der Waals surface area (Å²) < 4.78 is 2.10. The van der Waals surface area contributed by atoms with Crippen LogP contribution in [0, 0.1) is 5.92 Å². The number of aromatic nitrogens is 2. The molecule has 1 atom stereocenters. The summed E-state index contributed by atoms with van der Waals surface area (Å²) in [6.07, 6.45) is 10.9. The second kappa shape index (κ2) is 7.06. The molecule has 0 spiro atoms. The van der Waals surface area contributed by atoms with Crippen LogP contribution in [-0.4, -0.2) is 41.1 Å². The highest BCUT2D eigenvalue weighted by molar-refractivity contribution is 4.91. The van der Waals surface area contributed by atoms with Crippen molar-refractivity contribution in [2.24, 2.45) is 13.0 Å². The number of nitrogens with one attached hydrogen (secondary N) is 1. The summed E-state index contributed by atoms with van der Waals surface area (Å²) in [5.41, 5.74) is 0. The molecule has 0 aromatic carbocycles. The molecule has 19 heavy (non-hydrogen) atoms. The highest BCUT2D eigenvalue weighted by Gasteiger charge is 2.23. The number of likely N-dealkylation sites (N-methyl/N-ethyl adjacent to an activating group) is 2. The van der Waals surface area contributed by atoms with Crippen LogP contribution in [0.15, 0.2) is 12.4 Å². The van der Waals surface area contributed by atoms with Crippen LogP contribution in [0.3, 0.4) is 0 Å². The monoisotopic (exact) mass is 264 g/mol. The Kier molecular flexibility index (Phi) is 5.40. The Balaban J connectivity index is 1.85. The Labute approximate surface area is 117 Å². The van der Waals surface area contributed by atoms with Crippen molar-refractivity contribution in [2.75, 3.05) is 20.6 Å². The van der Waals surface area contributed by atoms with Crippen LogP contribution < -0.4 is 5.32 Å². The first kappa shape index (κ1) is 14.5. The number of rotatable bonds is 6. The molecule has 1 aromatic heterocycles. The highest BCUT2D eigenvalue weighted by Crippen LogP contribution is 2.26. The molecule has 0 saturated heterocycles. The Hall–Kier alpha value is -0.870. The normalized spacial score (nSPS) is 18.9. The zero-order valence-corrected chi connectivity index (χ0v) is 12.6. The first-order valence-corrected chi connectivity index (χ1v) is 7.52. The summed E-state index contributed by atoms with van der Waals surface area (Å²) in [4.78, 5) is 6.79. The molecule has 1 heterocycles. The van der Waals surface area contributed by atoms with E-state index in [0.717, 1.165) is 24.8 Å². The lowest BCUT2D eigenvalue weighted by Crippen LogP contribution is -2.43. The molecule has 1 N–H and O–H groups in total. The molecule has 1 saturated carbocycles. The average molecular weight is 264 g/mol. The number of hydrogen-bond acceptors (Lipinski definition) is 3. The van der Waals surface area contributed by atoms with Crippen LogP contribution in [0.1, 0.15) is 37.9 Å². The summed E-state index contributed by atoms with van der Waals surface area (Å²) in [7, 11) is 6.36. The molecule has 1 aliphatic carbocycles. The molecular formula is C15H28N4. The van der Waals surface area contributed by atoms with E-state index in [1.807, 2.05) is 12.4 Å². The van der Waals surface area contributed by atoms with E-state index in [4.69, 9.17) is 0 Å². The second-order valence-corrected chi connectivity index (χ2v) is 5.94. The van der Waals surface area contributed by atoms with Crippen LogP contribution in [-0.2, 0) is 13.6 Å². The first-order valence-electron chi connectivity index (χ1n) is 7.52. The van der Waals surface area contributed by atoms with Gasteiger partial charge in [0.2, 0.25) is 0 Å². The molecule has 1 unspecified atom stereocenters. The van der Waals surface area contributed by atoms with Gasteiger partial charge < -0.3 is 9.88 Å². The molecule has 108 valence electrons. The first-order chi connectivity index (χ1) is 9.20. The van der Waals surface area contributed by atoms with Gasteiger partial charge in [-0.3, -0.25) is 4.90 Å². The third kappa shape index (κ3) is 4.05. The van der Waals surface area contributed by atoms with E-state index >= 15 is 0 Å². The number of aryl methyl sites for hydroxylation is 1. The van der Waals surface area contributed by atoms with Gasteiger partial charge in [-0.25, -0.2) is 4.98 Å². The highest BCUT2D eigenvalue weighted by atomic mass is 15.2. The Bertz CT molecular complexity index is 368. The molecule has 1 aliphatic rings. The lowest BCUT2D eigenvalue weighted by Gasteiger charge is -2.32. The lowest BCUT2D eigenvalue weighted by atomic mass is 9.84. The van der Waals surface area contributed by atoms with Gasteiger partial charge in [0.15, 0.2) is 0 Å². The Morgan fingerprint density at radius 2 is 2.16 bits per heavy atom. The smallest absolute Gasteiger partial charge is 0.122 e. The fraction of sp³-hybridized carbons (Fsp3) is 0.800. The summed E-state index contributed by atoms with van der Waals surface area (Å²) in [5.74, 6) is 1.99. The van der Waals surface area contributed by atoms with E-state index in [0.29, 0.717) is 6.04 Å². The van der Waals surface area contributed by atoms with E-state index in [1.54, 1.807) is 0 Å². The summed E-state index contributed by atoms with van der Waals surface area (Å²) in [6.45, 7) is 2.03. The van der Waals surface area contributed by atoms with E-state index in [-0.39, 0.29) is 0 Å². The summed E-state index contributed by atoms with van der Waals surface area (Å²) in [5, 5.41) is 3.53. The maximum absolute atomic E-state index is 4.40. The molecule has 0 bridgehead atoms. The second-order valence-electron chi connectivity index (χ2n) is 5.94. The fourth-order valence-electron chi connectivity index (χ4n) is 3.20. The van der Waals surface area contributed by atoms with Gasteiger partial charge in [0.05, 0.1) is 6.54 Å². The minimum Gasteiger partial charge on any atom is -0.337 e. The van der Waals surface area contributed by atoms with E-state index < -0.39 is 0 Å². The van der Waals surface area contributed by atoms with Crippen molar-refractivity contribution in [1.29, 1.82) is 0 Å². The van der Waals surface area contributed by atoms with Gasteiger partial charge in [0, 0.05) is 32.0 Å². The van der Waals surface area contributed by atoms with Crippen molar-refractivity contribution in [1.82, 2.24) is 19.8 Å². The SMILES string of the molecule is CNC(CN(C)Cc1nccn1C)C1CCCCC1. The standard InChI is InChI=1S/C15H28N4/c1-16-14(13-7-5-4-6-8-13)11-18(2)12-15-17-9-10-19(15)3/h9-10,13-14,16H,4-8,11-12H2,1-3H3. The van der Waals surface area contributed by atoms with Crippen LogP contribution in [0.25, 0.3) is 0 Å². The van der Waals surface area contributed by atoms with Crippen LogP contribution >= 0.6 is 0 Å². The topological polar surface area (TPSA) is 33.1 Å². The number of imidazole rings is 1. The van der Waals surface area contributed by atoms with Crippen molar-refractivity contribution >= 4 is 0 Å². The van der Waals surface area contributed by atoms with Gasteiger partial charge in [-0.15, -0.1) is 0 Å². The van der Waals surface area contributed by atoms with Gasteiger partial charge in [-0.1, -0.05) is 19.3 Å². The van der Waals surface area contributed by atoms with Crippen LogP contribution in [0.5, 0.6) is 0 Å². The molecule has 0 amide bonds. The zero-order valence-electron chi connectivity index (χ0n) is 12.6. The largest absolute Gasteiger partial charge is 0.337 e. The average Bonchev–Trinajstić information content (AvgIpc) is 2.82. The van der Waals surface area contributed by atoms with Crippen molar-refractivity contribution in [3.63, 3.8) is 0 Å². The third-order valence-corrected chi connectivity index (χ3v) is 4.43. The molecule has 4 heteroatoms. The van der Waals surface area contributed by atoms with E-state index in [9.17, 15) is 0 Å². The van der Waals surface area contributed by atoms with Gasteiger partial charge >= 0.3 is 0 Å². The number of hydrogen-bond donors (Lipinski definition) is 1. The van der Waals surface area contributed by atoms with Gasteiger partial charge in [-0.05, 0) is 32.9 Å². The molecular weight excluding hydrogens is 236 g/mol. The van der Waals surface area contributed by atoms with Crippen molar-refractivity contribution in [2.45, 2.75) is 44.7 Å². The van der Waals surface area contributed by atoms with Crippen molar-refractivity contribution in [3.8, 4) is 0 Å². The Morgan fingerprint density at radius 1 is 1.42 bits per heavy atom. The quantitative estimate of drug-likeness (QED) is 0.853. The zero-order chi connectivity index (χ0) is 13.7. The summed E-state index contributed by atoms with van der Waals surface area (Å²) >= 11 is 0. The maximum Gasteiger partial charge on any atom is 0.122 e. The van der Waals surface area contributed by atoms with Gasteiger partial charge in [0.25, 0.3) is 0 Å². The minimum absolute atomic E-state index is 0.616. The predicted octanol–water partition coefficient (Wildman–Crippen LogP) is 2.02. The molecule has 0 aliphatic heterocycles. The molecule has 4 nitrogen and oxygen atoms in total. The van der Waals surface area contributed by atoms with Crippen LogP contribution in [0.4, 0.5) is 0 Å². The molecule has 1 fully saturated rings. The van der Waals surface area contributed by atoms with E-state index in [1.165, 1.54) is 32.1 Å². The third-order valence-electron chi connectivity index (χ3n) is 4.43. The molecule has 0 radical (unpaired) electrons. The van der Waals surface area contributed by atoms with Crippen molar-refractivity contribution in [3.05, 3.63) is 18.2 Å². The Morgan fingerprint density at radius 3 is 2.74 bits per heavy atom. The van der Waals surface area contributed by atoms with Gasteiger partial charge in [0.1, 0.15) is 5.82 Å². The molecule has 1 aromatic rings. The summed E-state index contributed by atoms with van der Waals surface area (Å²) in [6, 6.07) is 0.616. The number of nitrogens with zero attached hydrogens (tertiary/aromatic N) is 3. The van der Waals surface area contributed by atoms with Gasteiger partial charge in [-0.2, -0.15) is 0 Å². The predicted molar refractivity (Wildman–Crippen MR) is 79.0 cm³/mol. The maximum atomic E-state index is 4.40. The minimum atomic E-state index is 0.616.